The molecule has 0 bridgehead atoms. The van der Waals surface area contributed by atoms with Crippen LogP contribution in [0.25, 0.3) is 88.0 Å². The van der Waals surface area contributed by atoms with Crippen molar-refractivity contribution in [2.45, 2.75) is 0 Å². The van der Waals surface area contributed by atoms with Crippen LogP contribution in [0.4, 0.5) is 17.1 Å². The number of hydrogen-bond donors (Lipinski definition) is 0. The van der Waals surface area contributed by atoms with Gasteiger partial charge in [0, 0.05) is 33.3 Å². The molecular formula is C56H37NO. The molecule has 0 aliphatic heterocycles. The second-order valence-electron chi connectivity index (χ2n) is 14.9. The van der Waals surface area contributed by atoms with Crippen LogP contribution in [0.15, 0.2) is 229 Å². The molecular weight excluding hydrogens is 703 g/mol. The molecule has 272 valence electrons. The fourth-order valence-corrected chi connectivity index (χ4v) is 8.74. The number of para-hydroxylation sites is 3. The zero-order valence-electron chi connectivity index (χ0n) is 31.7. The first-order valence-corrected chi connectivity index (χ1v) is 19.8. The summed E-state index contributed by atoms with van der Waals surface area (Å²) >= 11 is 0. The van der Waals surface area contributed by atoms with Gasteiger partial charge in [0.05, 0.1) is 5.69 Å². The topological polar surface area (TPSA) is 16.4 Å². The highest BCUT2D eigenvalue weighted by atomic mass is 16.3. The Kier molecular flexibility index (Phi) is 8.19. The molecule has 0 amide bonds. The van der Waals surface area contributed by atoms with E-state index in [-0.39, 0.29) is 0 Å². The lowest BCUT2D eigenvalue weighted by Gasteiger charge is -2.29. The Morgan fingerprint density at radius 3 is 1.53 bits per heavy atom. The van der Waals surface area contributed by atoms with Gasteiger partial charge in [0.2, 0.25) is 0 Å². The maximum atomic E-state index is 6.47. The standard InChI is InChI=1S/C56H37NO/c1-3-25-46-38(15-1)17-12-29-48(46)43-22-11-24-45(37-43)57(54-33-7-5-27-51(54)50-31-13-18-39-16-2-4-26-47(39)50)44-23-10-20-41(36-44)40-19-9-21-42(35-40)49-30-14-32-53-52-28-6-8-34-55(52)58-56(49)53/h1-37H. The average molecular weight is 740 g/mol. The van der Waals surface area contributed by atoms with Crippen molar-refractivity contribution in [2.75, 3.05) is 4.90 Å². The third kappa shape index (κ3) is 5.82. The summed E-state index contributed by atoms with van der Waals surface area (Å²) in [7, 11) is 0. The van der Waals surface area contributed by atoms with Gasteiger partial charge >= 0.3 is 0 Å². The van der Waals surface area contributed by atoms with Crippen LogP contribution in [0.5, 0.6) is 0 Å². The summed E-state index contributed by atoms with van der Waals surface area (Å²) in [5.74, 6) is 0. The second kappa shape index (κ2) is 14.1. The fourth-order valence-electron chi connectivity index (χ4n) is 8.74. The monoisotopic (exact) mass is 739 g/mol. The zero-order chi connectivity index (χ0) is 38.4. The number of anilines is 3. The highest BCUT2D eigenvalue weighted by molar-refractivity contribution is 6.10. The fraction of sp³-hybridized carbons (Fsp3) is 0. The van der Waals surface area contributed by atoms with Gasteiger partial charge in [-0.25, -0.2) is 0 Å². The van der Waals surface area contributed by atoms with E-state index in [4.69, 9.17) is 4.42 Å². The SMILES string of the molecule is c1cc(-c2cccc(N(c3cccc(-c4cccc5ccccc45)c3)c3ccccc3-c3cccc4ccccc34)c2)cc(-c2cccc3c2oc2ccccc23)c1. The Labute approximate surface area is 337 Å². The van der Waals surface area contributed by atoms with Crippen LogP contribution in [-0.2, 0) is 0 Å². The first-order valence-electron chi connectivity index (χ1n) is 19.8. The maximum absolute atomic E-state index is 6.47. The van der Waals surface area contributed by atoms with Crippen molar-refractivity contribution in [2.24, 2.45) is 0 Å². The molecule has 58 heavy (non-hydrogen) atoms. The molecule has 11 aromatic rings. The van der Waals surface area contributed by atoms with Crippen molar-refractivity contribution in [1.29, 1.82) is 0 Å². The second-order valence-corrected chi connectivity index (χ2v) is 14.9. The highest BCUT2D eigenvalue weighted by Crippen LogP contribution is 2.45. The van der Waals surface area contributed by atoms with Gasteiger partial charge in [-0.15, -0.1) is 0 Å². The molecule has 11 rings (SSSR count). The van der Waals surface area contributed by atoms with Crippen molar-refractivity contribution in [1.82, 2.24) is 0 Å². The number of fused-ring (bicyclic) bond motifs is 5. The van der Waals surface area contributed by atoms with Crippen molar-refractivity contribution >= 4 is 60.5 Å². The molecule has 0 radical (unpaired) electrons. The molecule has 2 nitrogen and oxygen atoms in total. The lowest BCUT2D eigenvalue weighted by Crippen LogP contribution is -2.11. The molecule has 0 spiro atoms. The van der Waals surface area contributed by atoms with Crippen molar-refractivity contribution in [3.8, 4) is 44.5 Å². The Bertz CT molecular complexity index is 3310. The van der Waals surface area contributed by atoms with Crippen LogP contribution in [0.2, 0.25) is 0 Å². The summed E-state index contributed by atoms with van der Waals surface area (Å²) in [6.45, 7) is 0. The summed E-state index contributed by atoms with van der Waals surface area (Å²) in [5.41, 5.74) is 14.3. The van der Waals surface area contributed by atoms with Crippen LogP contribution in [0.1, 0.15) is 0 Å². The van der Waals surface area contributed by atoms with E-state index in [1.165, 1.54) is 43.8 Å². The van der Waals surface area contributed by atoms with Crippen LogP contribution in [0, 0.1) is 0 Å². The molecule has 10 aromatic carbocycles. The average Bonchev–Trinajstić information content (AvgIpc) is 3.68. The van der Waals surface area contributed by atoms with Crippen molar-refractivity contribution in [3.63, 3.8) is 0 Å². The minimum Gasteiger partial charge on any atom is -0.455 e. The van der Waals surface area contributed by atoms with Crippen LogP contribution in [-0.4, -0.2) is 0 Å². The Balaban J connectivity index is 1.08. The largest absolute Gasteiger partial charge is 0.455 e. The van der Waals surface area contributed by atoms with Gasteiger partial charge in [-0.3, -0.25) is 0 Å². The molecule has 0 saturated carbocycles. The predicted molar refractivity (Wildman–Crippen MR) is 245 cm³/mol. The van der Waals surface area contributed by atoms with Gasteiger partial charge in [0.1, 0.15) is 11.2 Å². The molecule has 0 saturated heterocycles. The quantitative estimate of drug-likeness (QED) is 0.162. The van der Waals surface area contributed by atoms with Gasteiger partial charge in [0.25, 0.3) is 0 Å². The smallest absolute Gasteiger partial charge is 0.143 e. The number of nitrogens with zero attached hydrogens (tertiary/aromatic N) is 1. The Morgan fingerprint density at radius 1 is 0.293 bits per heavy atom. The van der Waals surface area contributed by atoms with Gasteiger partial charge < -0.3 is 9.32 Å². The molecule has 0 aliphatic carbocycles. The highest BCUT2D eigenvalue weighted by Gasteiger charge is 2.20. The molecule has 0 aliphatic rings. The molecule has 0 unspecified atom stereocenters. The van der Waals surface area contributed by atoms with Gasteiger partial charge in [-0.05, 0) is 97.4 Å². The Hall–Kier alpha value is -7.68. The first kappa shape index (κ1) is 33.6. The minimum atomic E-state index is 0.905. The van der Waals surface area contributed by atoms with E-state index in [0.717, 1.165) is 61.3 Å². The molecule has 0 N–H and O–H groups in total. The van der Waals surface area contributed by atoms with E-state index >= 15 is 0 Å². The van der Waals surface area contributed by atoms with Crippen molar-refractivity contribution < 1.29 is 4.42 Å². The molecule has 0 atom stereocenters. The normalized spacial score (nSPS) is 11.4. The van der Waals surface area contributed by atoms with Crippen molar-refractivity contribution in [3.05, 3.63) is 224 Å². The number of rotatable bonds is 7. The number of benzene rings is 10. The van der Waals surface area contributed by atoms with E-state index in [1.54, 1.807) is 0 Å². The van der Waals surface area contributed by atoms with E-state index in [0.29, 0.717) is 0 Å². The summed E-state index contributed by atoms with van der Waals surface area (Å²) < 4.78 is 6.47. The van der Waals surface area contributed by atoms with Gasteiger partial charge in [-0.1, -0.05) is 182 Å². The third-order valence-corrected chi connectivity index (χ3v) is 11.4. The summed E-state index contributed by atoms with van der Waals surface area (Å²) in [6.07, 6.45) is 0. The summed E-state index contributed by atoms with van der Waals surface area (Å²) in [4.78, 5) is 2.42. The minimum absolute atomic E-state index is 0.905. The zero-order valence-corrected chi connectivity index (χ0v) is 31.7. The van der Waals surface area contributed by atoms with Crippen LogP contribution >= 0.6 is 0 Å². The molecule has 2 heteroatoms. The predicted octanol–water partition coefficient (Wildman–Crippen LogP) is 16.0. The maximum Gasteiger partial charge on any atom is 0.143 e. The molecule has 0 fully saturated rings. The van der Waals surface area contributed by atoms with Gasteiger partial charge in [-0.2, -0.15) is 0 Å². The number of hydrogen-bond acceptors (Lipinski definition) is 2. The Morgan fingerprint density at radius 2 is 0.759 bits per heavy atom. The first-order chi connectivity index (χ1) is 28.8. The molecule has 1 aromatic heterocycles. The lowest BCUT2D eigenvalue weighted by molar-refractivity contribution is 0.670. The van der Waals surface area contributed by atoms with E-state index in [2.05, 4.69) is 217 Å². The summed E-state index contributed by atoms with van der Waals surface area (Å²) in [6, 6.07) is 80.8. The molecule has 1 heterocycles. The summed E-state index contributed by atoms with van der Waals surface area (Å²) in [5, 5.41) is 7.19. The van der Waals surface area contributed by atoms with E-state index in [9.17, 15) is 0 Å². The number of furan rings is 1. The van der Waals surface area contributed by atoms with E-state index in [1.807, 2.05) is 12.1 Å². The third-order valence-electron chi connectivity index (χ3n) is 11.4. The van der Waals surface area contributed by atoms with Gasteiger partial charge in [0.15, 0.2) is 0 Å². The van der Waals surface area contributed by atoms with Crippen LogP contribution in [0.3, 0.4) is 0 Å². The van der Waals surface area contributed by atoms with E-state index < -0.39 is 0 Å². The van der Waals surface area contributed by atoms with Crippen LogP contribution < -0.4 is 4.90 Å². The lowest BCUT2D eigenvalue weighted by atomic mass is 9.95.